The third-order valence-corrected chi connectivity index (χ3v) is 7.11. The minimum Gasteiger partial charge on any atom is -0.489 e. The van der Waals surface area contributed by atoms with Gasteiger partial charge in [0.1, 0.15) is 23.7 Å². The Labute approximate surface area is 198 Å². The molecular weight excluding hydrogens is 491 g/mol. The smallest absolute Gasteiger partial charge is 0.275 e. The highest BCUT2D eigenvalue weighted by Crippen LogP contribution is 2.37. The zero-order valence-corrected chi connectivity index (χ0v) is 20.0. The van der Waals surface area contributed by atoms with E-state index in [0.717, 1.165) is 26.8 Å². The van der Waals surface area contributed by atoms with Crippen molar-refractivity contribution < 1.29 is 18.6 Å². The van der Waals surface area contributed by atoms with Crippen molar-refractivity contribution in [2.24, 2.45) is 7.05 Å². The van der Waals surface area contributed by atoms with E-state index < -0.39 is 5.60 Å². The zero-order chi connectivity index (χ0) is 23.2. The highest BCUT2D eigenvalue weighted by molar-refractivity contribution is 9.10. The number of ether oxygens (including phenoxy) is 3. The summed E-state index contributed by atoms with van der Waals surface area (Å²) in [5, 5.41) is 0. The maximum atomic E-state index is 14.5. The molecule has 0 radical (unpaired) electrons. The molecule has 2 aromatic carbocycles. The Kier molecular flexibility index (Phi) is 5.76. The molecule has 2 aromatic heterocycles. The Morgan fingerprint density at radius 2 is 1.82 bits per heavy atom. The van der Waals surface area contributed by atoms with Crippen LogP contribution in [0, 0.1) is 5.82 Å². The van der Waals surface area contributed by atoms with Gasteiger partial charge in [0.25, 0.3) is 5.56 Å². The topological polar surface area (TPSA) is 54.1 Å². The maximum Gasteiger partial charge on any atom is 0.275 e. The van der Waals surface area contributed by atoms with Gasteiger partial charge in [0.15, 0.2) is 0 Å². The number of methoxy groups -OCH3 is 1. The minimum atomic E-state index is -0.571. The maximum absolute atomic E-state index is 14.5. The van der Waals surface area contributed by atoms with Gasteiger partial charge in [-0.05, 0) is 63.5 Å². The van der Waals surface area contributed by atoms with Gasteiger partial charge in [-0.2, -0.15) is 0 Å². The van der Waals surface area contributed by atoms with E-state index in [2.05, 4.69) is 15.9 Å². The Morgan fingerprint density at radius 3 is 2.58 bits per heavy atom. The highest BCUT2D eigenvalue weighted by atomic mass is 79.9. The lowest BCUT2D eigenvalue weighted by atomic mass is 9.86. The number of hydrogen-bond acceptors (Lipinski definition) is 4. The second-order valence-corrected chi connectivity index (χ2v) is 9.15. The van der Waals surface area contributed by atoms with Crippen molar-refractivity contribution in [3.8, 4) is 5.75 Å². The molecule has 3 heterocycles. The van der Waals surface area contributed by atoms with E-state index in [-0.39, 0.29) is 18.0 Å². The number of benzene rings is 2. The molecule has 0 N–H and O–H groups in total. The molecule has 0 unspecified atom stereocenters. The average molecular weight is 515 g/mol. The molecule has 0 amide bonds. The largest absolute Gasteiger partial charge is 0.489 e. The molecule has 1 aliphatic rings. The van der Waals surface area contributed by atoms with E-state index in [1.807, 2.05) is 34.7 Å². The van der Waals surface area contributed by atoms with E-state index in [0.29, 0.717) is 37.3 Å². The molecule has 6 nitrogen and oxygen atoms in total. The molecule has 1 saturated heterocycles. The van der Waals surface area contributed by atoms with Crippen molar-refractivity contribution >= 4 is 32.5 Å². The van der Waals surface area contributed by atoms with Crippen LogP contribution in [-0.2, 0) is 28.7 Å². The first-order chi connectivity index (χ1) is 15.9. The number of hydrogen-bond donors (Lipinski definition) is 0. The summed E-state index contributed by atoms with van der Waals surface area (Å²) in [5.41, 5.74) is 3.30. The Balaban J connectivity index is 1.47. The number of nitrogens with zero attached hydrogens (tertiary/aromatic N) is 2. The third-order valence-electron chi connectivity index (χ3n) is 6.49. The molecule has 1 aliphatic heterocycles. The number of fused-ring (bicyclic) bond motifs is 3. The fourth-order valence-electron chi connectivity index (χ4n) is 4.61. The summed E-state index contributed by atoms with van der Waals surface area (Å²) in [6.45, 7) is 1.40. The molecule has 0 bridgehead atoms. The van der Waals surface area contributed by atoms with Crippen LogP contribution in [0.5, 0.6) is 5.75 Å². The van der Waals surface area contributed by atoms with Crippen molar-refractivity contribution in [2.75, 3.05) is 20.3 Å². The number of halogens is 2. The van der Waals surface area contributed by atoms with Gasteiger partial charge in [-0.25, -0.2) is 4.39 Å². The summed E-state index contributed by atoms with van der Waals surface area (Å²) >= 11 is 3.53. The number of rotatable bonds is 5. The lowest BCUT2D eigenvalue weighted by molar-refractivity contribution is -0.0950. The van der Waals surface area contributed by atoms with Gasteiger partial charge in [0.05, 0.1) is 21.2 Å². The molecule has 1 fully saturated rings. The molecular formula is C25H24BrFN2O4. The predicted octanol–water partition coefficient (Wildman–Crippen LogP) is 4.92. The van der Waals surface area contributed by atoms with E-state index in [1.165, 1.54) is 12.1 Å². The van der Waals surface area contributed by atoms with E-state index in [1.54, 1.807) is 24.8 Å². The van der Waals surface area contributed by atoms with Crippen LogP contribution in [0.1, 0.15) is 24.0 Å². The summed E-state index contributed by atoms with van der Waals surface area (Å²) in [5.74, 6) is 0.0812. The van der Waals surface area contributed by atoms with Gasteiger partial charge in [-0.1, -0.05) is 6.07 Å². The van der Waals surface area contributed by atoms with Crippen LogP contribution in [0.3, 0.4) is 0 Å². The van der Waals surface area contributed by atoms with Crippen LogP contribution in [0.2, 0.25) is 0 Å². The molecule has 0 aliphatic carbocycles. The van der Waals surface area contributed by atoms with Gasteiger partial charge in [-0.3, -0.25) is 9.20 Å². The molecule has 33 heavy (non-hydrogen) atoms. The summed E-state index contributed by atoms with van der Waals surface area (Å²) in [6, 6.07) is 14.2. The quantitative estimate of drug-likeness (QED) is 0.379. The lowest BCUT2D eigenvalue weighted by Crippen LogP contribution is -2.35. The second kappa shape index (κ2) is 8.59. The zero-order valence-electron chi connectivity index (χ0n) is 18.4. The first-order valence-corrected chi connectivity index (χ1v) is 11.6. The van der Waals surface area contributed by atoms with Gasteiger partial charge >= 0.3 is 0 Å². The van der Waals surface area contributed by atoms with Gasteiger partial charge in [0, 0.05) is 46.3 Å². The minimum absolute atomic E-state index is 0.0651. The fraction of sp³-hybridized carbons (Fsp3) is 0.320. The van der Waals surface area contributed by atoms with Crippen LogP contribution in [0.4, 0.5) is 4.39 Å². The lowest BCUT2D eigenvalue weighted by Gasteiger charge is -2.36. The van der Waals surface area contributed by atoms with Crippen LogP contribution in [0.15, 0.2) is 57.9 Å². The summed E-state index contributed by atoms with van der Waals surface area (Å²) in [6.07, 6.45) is 1.33. The normalized spacial score (nSPS) is 15.9. The average Bonchev–Trinajstić information content (AvgIpc) is 3.23. The third kappa shape index (κ3) is 3.86. The molecule has 8 heteroatoms. The fourth-order valence-corrected chi connectivity index (χ4v) is 5.13. The molecule has 0 saturated carbocycles. The number of aryl methyl sites for hydroxylation is 1. The molecule has 4 aromatic rings. The Bertz CT molecular complexity index is 1410. The van der Waals surface area contributed by atoms with E-state index in [4.69, 9.17) is 14.2 Å². The molecule has 172 valence electrons. The van der Waals surface area contributed by atoms with Crippen molar-refractivity contribution in [3.05, 3.63) is 80.4 Å². The van der Waals surface area contributed by atoms with Crippen molar-refractivity contribution in [3.63, 3.8) is 0 Å². The Morgan fingerprint density at radius 1 is 1.06 bits per heavy atom. The van der Waals surface area contributed by atoms with Gasteiger partial charge in [-0.15, -0.1) is 0 Å². The van der Waals surface area contributed by atoms with Crippen molar-refractivity contribution in [2.45, 2.75) is 25.0 Å². The molecule has 0 spiro atoms. The first kappa shape index (κ1) is 22.1. The van der Waals surface area contributed by atoms with Crippen LogP contribution < -0.4 is 10.3 Å². The van der Waals surface area contributed by atoms with Crippen molar-refractivity contribution in [1.29, 1.82) is 0 Å². The molecule has 5 rings (SSSR count). The highest BCUT2D eigenvalue weighted by Gasteiger charge is 2.35. The van der Waals surface area contributed by atoms with E-state index in [9.17, 15) is 9.18 Å². The standard InChI is InChI=1S/C25H24BrFN2O4/c1-28-20-4-3-16(11-22(20)29-21(24(28)30)5-6-23(29)26)15-33-19-13-17(12-18(27)14-19)25(31-2)7-9-32-10-8-25/h3-6,11-14H,7-10,15H2,1-2H3. The summed E-state index contributed by atoms with van der Waals surface area (Å²) < 4.78 is 36.1. The SMILES string of the molecule is COC1(c2cc(F)cc(OCc3ccc4c(c3)n3c(Br)ccc3c(=O)n4C)c2)CCOCC1. The second-order valence-electron chi connectivity index (χ2n) is 8.34. The van der Waals surface area contributed by atoms with E-state index >= 15 is 0 Å². The number of aromatic nitrogens is 2. The molecule has 0 atom stereocenters. The monoisotopic (exact) mass is 514 g/mol. The van der Waals surface area contributed by atoms with Crippen LogP contribution in [0.25, 0.3) is 16.6 Å². The Hall–Kier alpha value is -2.68. The summed E-state index contributed by atoms with van der Waals surface area (Å²) in [7, 11) is 3.41. The van der Waals surface area contributed by atoms with Gasteiger partial charge < -0.3 is 18.8 Å². The summed E-state index contributed by atoms with van der Waals surface area (Å²) in [4.78, 5) is 12.6. The van der Waals surface area contributed by atoms with Crippen LogP contribution >= 0.6 is 15.9 Å². The van der Waals surface area contributed by atoms with Gasteiger partial charge in [0.2, 0.25) is 0 Å². The van der Waals surface area contributed by atoms with Crippen LogP contribution in [-0.4, -0.2) is 29.3 Å². The first-order valence-electron chi connectivity index (χ1n) is 10.8. The predicted molar refractivity (Wildman–Crippen MR) is 127 cm³/mol. The van der Waals surface area contributed by atoms with Crippen molar-refractivity contribution in [1.82, 2.24) is 8.97 Å².